The van der Waals surface area contributed by atoms with Gasteiger partial charge in [-0.2, -0.15) is 4.31 Å². The van der Waals surface area contributed by atoms with E-state index in [0.717, 1.165) is 29.0 Å². The molecular formula is C24H27N3O3S2. The molecule has 8 heteroatoms. The number of thiophene rings is 1. The van der Waals surface area contributed by atoms with Gasteiger partial charge in [0, 0.05) is 37.6 Å². The molecule has 168 valence electrons. The molecule has 1 aromatic heterocycles. The maximum Gasteiger partial charge on any atom is 0.267 e. The van der Waals surface area contributed by atoms with E-state index in [1.165, 1.54) is 15.9 Å². The van der Waals surface area contributed by atoms with E-state index in [1.54, 1.807) is 5.38 Å². The molecule has 0 spiro atoms. The second kappa shape index (κ2) is 9.44. The first-order valence-electron chi connectivity index (χ1n) is 10.7. The topological polar surface area (TPSA) is 69.7 Å². The van der Waals surface area contributed by atoms with Gasteiger partial charge in [0.15, 0.2) is 0 Å². The molecule has 4 rings (SSSR count). The lowest BCUT2D eigenvalue weighted by molar-refractivity contribution is 0.102. The summed E-state index contributed by atoms with van der Waals surface area (Å²) < 4.78 is 28.2. The summed E-state index contributed by atoms with van der Waals surface area (Å²) in [6.07, 6.45) is 0.858. The fourth-order valence-electron chi connectivity index (χ4n) is 3.87. The first kappa shape index (κ1) is 22.5. The molecule has 6 nitrogen and oxygen atoms in total. The molecule has 0 bridgehead atoms. The Bertz CT molecular complexity index is 1210. The molecule has 3 aromatic rings. The van der Waals surface area contributed by atoms with Crippen LogP contribution < -0.4 is 10.2 Å². The van der Waals surface area contributed by atoms with Crippen molar-refractivity contribution in [2.75, 3.05) is 36.4 Å². The highest BCUT2D eigenvalue weighted by molar-refractivity contribution is 7.89. The number of carbonyl (C=O) groups is 1. The van der Waals surface area contributed by atoms with Gasteiger partial charge in [-0.05, 0) is 60.2 Å². The monoisotopic (exact) mass is 469 g/mol. The summed E-state index contributed by atoms with van der Waals surface area (Å²) in [6.45, 7) is 6.07. The van der Waals surface area contributed by atoms with Crippen molar-refractivity contribution in [3.63, 3.8) is 0 Å². The number of amides is 1. The Kier molecular flexibility index (Phi) is 6.64. The number of hydrogen-bond acceptors (Lipinski definition) is 5. The first-order chi connectivity index (χ1) is 15.4. The molecule has 2 heterocycles. The zero-order valence-corrected chi connectivity index (χ0v) is 19.9. The first-order valence-corrected chi connectivity index (χ1v) is 13.0. The lowest BCUT2D eigenvalue weighted by Crippen LogP contribution is -2.48. The van der Waals surface area contributed by atoms with Gasteiger partial charge in [-0.25, -0.2) is 8.42 Å². The van der Waals surface area contributed by atoms with Crippen molar-refractivity contribution in [3.05, 3.63) is 76.0 Å². The zero-order chi connectivity index (χ0) is 22.7. The molecule has 1 amide bonds. The number of benzene rings is 2. The third-order valence-electron chi connectivity index (χ3n) is 5.65. The predicted molar refractivity (Wildman–Crippen MR) is 130 cm³/mol. The molecule has 2 aromatic carbocycles. The van der Waals surface area contributed by atoms with Gasteiger partial charge in [-0.1, -0.05) is 31.2 Å². The van der Waals surface area contributed by atoms with E-state index in [-0.39, 0.29) is 9.77 Å². The van der Waals surface area contributed by atoms with Crippen LogP contribution in [0, 0.1) is 6.92 Å². The van der Waals surface area contributed by atoms with E-state index >= 15 is 0 Å². The van der Waals surface area contributed by atoms with Gasteiger partial charge in [0.2, 0.25) is 10.0 Å². The molecule has 1 fully saturated rings. The Morgan fingerprint density at radius 2 is 1.78 bits per heavy atom. The Morgan fingerprint density at radius 1 is 1.03 bits per heavy atom. The smallest absolute Gasteiger partial charge is 0.267 e. The molecule has 32 heavy (non-hydrogen) atoms. The van der Waals surface area contributed by atoms with Gasteiger partial charge in [0.25, 0.3) is 5.91 Å². The van der Waals surface area contributed by atoms with Crippen molar-refractivity contribution < 1.29 is 13.2 Å². The summed E-state index contributed by atoms with van der Waals surface area (Å²) in [6, 6.07) is 17.3. The van der Waals surface area contributed by atoms with Crippen molar-refractivity contribution in [1.82, 2.24) is 4.31 Å². The fourth-order valence-corrected chi connectivity index (χ4v) is 6.59. The predicted octanol–water partition coefficient (Wildman–Crippen LogP) is 4.38. The Labute approximate surface area is 193 Å². The molecule has 0 radical (unpaired) electrons. The molecule has 0 atom stereocenters. The van der Waals surface area contributed by atoms with Crippen LogP contribution in [0.1, 0.15) is 27.7 Å². The van der Waals surface area contributed by atoms with E-state index < -0.39 is 15.9 Å². The van der Waals surface area contributed by atoms with Crippen molar-refractivity contribution in [2.45, 2.75) is 25.2 Å². The van der Waals surface area contributed by atoms with Crippen LogP contribution in [0.25, 0.3) is 0 Å². The third-order valence-corrected chi connectivity index (χ3v) is 8.64. The van der Waals surface area contributed by atoms with Crippen molar-refractivity contribution in [2.24, 2.45) is 0 Å². The van der Waals surface area contributed by atoms with Gasteiger partial charge >= 0.3 is 0 Å². The van der Waals surface area contributed by atoms with Crippen LogP contribution in [0.4, 0.5) is 11.4 Å². The Morgan fingerprint density at radius 3 is 2.50 bits per heavy atom. The normalized spacial score (nSPS) is 15.0. The highest BCUT2D eigenvalue weighted by Crippen LogP contribution is 2.28. The summed E-state index contributed by atoms with van der Waals surface area (Å²) >= 11 is 1.15. The summed E-state index contributed by atoms with van der Waals surface area (Å²) in [5.41, 5.74) is 4.05. The number of nitrogens with zero attached hydrogens (tertiary/aromatic N) is 2. The lowest BCUT2D eigenvalue weighted by atomic mass is 10.1. The van der Waals surface area contributed by atoms with Crippen LogP contribution in [0.3, 0.4) is 0 Å². The van der Waals surface area contributed by atoms with E-state index in [0.29, 0.717) is 31.9 Å². The minimum atomic E-state index is -3.76. The molecule has 1 N–H and O–H groups in total. The molecule has 0 saturated carbocycles. The van der Waals surface area contributed by atoms with E-state index in [4.69, 9.17) is 0 Å². The maximum absolute atomic E-state index is 13.4. The standard InChI is InChI=1S/C24H27N3O3S2/c1-3-19-7-5-8-20(17-19)25-24(28)23-22(10-15-31-23)32(29,30)27-13-11-26(12-14-27)21-9-4-6-18(2)16-21/h4-10,15-17H,3,11-14H2,1-2H3,(H,25,28). The van der Waals surface area contributed by atoms with Crippen molar-refractivity contribution in [1.29, 1.82) is 0 Å². The summed E-state index contributed by atoms with van der Waals surface area (Å²) in [5, 5.41) is 4.51. The average Bonchev–Trinajstić information content (AvgIpc) is 3.30. The number of aryl methyl sites for hydroxylation is 2. The Balaban J connectivity index is 1.48. The molecule has 0 aliphatic carbocycles. The van der Waals surface area contributed by atoms with Gasteiger partial charge in [0.1, 0.15) is 9.77 Å². The highest BCUT2D eigenvalue weighted by atomic mass is 32.2. The SMILES string of the molecule is CCc1cccc(NC(=O)c2sccc2S(=O)(=O)N2CCN(c3cccc(C)c3)CC2)c1. The maximum atomic E-state index is 13.4. The van der Waals surface area contributed by atoms with E-state index in [2.05, 4.69) is 16.3 Å². The van der Waals surface area contributed by atoms with E-state index in [9.17, 15) is 13.2 Å². The van der Waals surface area contributed by atoms with E-state index in [1.807, 2.05) is 56.3 Å². The summed E-state index contributed by atoms with van der Waals surface area (Å²) in [5.74, 6) is -0.398. The molecular weight excluding hydrogens is 442 g/mol. The van der Waals surface area contributed by atoms with Gasteiger partial charge < -0.3 is 10.2 Å². The van der Waals surface area contributed by atoms with Crippen LogP contribution in [0.15, 0.2) is 64.9 Å². The second-order valence-corrected chi connectivity index (χ2v) is 10.7. The molecule has 1 aliphatic rings. The molecule has 1 saturated heterocycles. The number of anilines is 2. The Hall–Kier alpha value is -2.68. The average molecular weight is 470 g/mol. The number of hydrogen-bond donors (Lipinski definition) is 1. The summed E-state index contributed by atoms with van der Waals surface area (Å²) in [7, 11) is -3.76. The number of nitrogens with one attached hydrogen (secondary N) is 1. The summed E-state index contributed by atoms with van der Waals surface area (Å²) in [4.78, 5) is 15.4. The number of carbonyl (C=O) groups excluding carboxylic acids is 1. The molecule has 0 unspecified atom stereocenters. The highest BCUT2D eigenvalue weighted by Gasteiger charge is 2.32. The van der Waals surface area contributed by atoms with Gasteiger partial charge in [0.05, 0.1) is 0 Å². The van der Waals surface area contributed by atoms with Crippen LogP contribution in [0.5, 0.6) is 0 Å². The largest absolute Gasteiger partial charge is 0.369 e. The van der Waals surface area contributed by atoms with Crippen molar-refractivity contribution in [3.8, 4) is 0 Å². The minimum Gasteiger partial charge on any atom is -0.369 e. The van der Waals surface area contributed by atoms with Crippen LogP contribution in [-0.2, 0) is 16.4 Å². The fraction of sp³-hybridized carbons (Fsp3) is 0.292. The minimum absolute atomic E-state index is 0.0793. The van der Waals surface area contributed by atoms with Crippen molar-refractivity contribution >= 4 is 38.6 Å². The zero-order valence-electron chi connectivity index (χ0n) is 18.2. The quantitative estimate of drug-likeness (QED) is 0.582. The molecule has 1 aliphatic heterocycles. The van der Waals surface area contributed by atoms with Crippen LogP contribution >= 0.6 is 11.3 Å². The van der Waals surface area contributed by atoms with Gasteiger partial charge in [-0.15, -0.1) is 11.3 Å². The lowest BCUT2D eigenvalue weighted by Gasteiger charge is -2.35. The van der Waals surface area contributed by atoms with Gasteiger partial charge in [-0.3, -0.25) is 4.79 Å². The number of rotatable bonds is 6. The third kappa shape index (κ3) is 4.72. The van der Waals surface area contributed by atoms with Crippen LogP contribution in [-0.4, -0.2) is 44.8 Å². The van der Waals surface area contributed by atoms with Crippen LogP contribution in [0.2, 0.25) is 0 Å². The number of piperazine rings is 1. The number of sulfonamides is 1. The second-order valence-electron chi connectivity index (χ2n) is 7.85.